The van der Waals surface area contributed by atoms with Crippen LogP contribution in [-0.4, -0.2) is 33.8 Å². The molecule has 1 aliphatic rings. The van der Waals surface area contributed by atoms with Crippen molar-refractivity contribution >= 4 is 52.8 Å². The van der Waals surface area contributed by atoms with Gasteiger partial charge in [0.05, 0.1) is 5.69 Å². The fourth-order valence-electron chi connectivity index (χ4n) is 3.78. The Morgan fingerprint density at radius 1 is 1.03 bits per heavy atom. The first-order valence-electron chi connectivity index (χ1n) is 9.90. The summed E-state index contributed by atoms with van der Waals surface area (Å²) in [5, 5.41) is 2.69. The Kier molecular flexibility index (Phi) is 6.60. The molecular weight excluding hydrogens is 471 g/mol. The zero-order valence-corrected chi connectivity index (χ0v) is 19.0. The van der Waals surface area contributed by atoms with Crippen molar-refractivity contribution in [3.05, 3.63) is 89.3 Å². The quantitative estimate of drug-likeness (QED) is 0.324. The Bertz CT molecular complexity index is 1140. The molecule has 32 heavy (non-hydrogen) atoms. The van der Waals surface area contributed by atoms with Gasteiger partial charge in [0.25, 0.3) is 3.79 Å². The number of halogens is 3. The largest absolute Gasteiger partial charge is 0.449 e. The summed E-state index contributed by atoms with van der Waals surface area (Å²) in [7, 11) is 0. The Morgan fingerprint density at radius 3 is 2.28 bits per heavy atom. The molecule has 0 unspecified atom stereocenters. The lowest BCUT2D eigenvalue weighted by Crippen LogP contribution is -2.26. The van der Waals surface area contributed by atoms with Gasteiger partial charge < -0.3 is 15.0 Å². The van der Waals surface area contributed by atoms with Crippen molar-refractivity contribution in [2.24, 2.45) is 0 Å². The van der Waals surface area contributed by atoms with Gasteiger partial charge in [-0.1, -0.05) is 95.5 Å². The number of rotatable bonds is 6. The molecule has 3 aromatic rings. The van der Waals surface area contributed by atoms with Crippen LogP contribution in [0.2, 0.25) is 0 Å². The standard InChI is InChI=1S/C24H19Cl3N2O3/c25-24(26,27)22(30)21-12-15(13-29-21)6-5-11-28-23(31)32-14-20-18-9-3-1-7-16(18)17-8-2-4-10-19(17)20/h1-10,12-13,20,29H,11,14H2,(H,28,31). The van der Waals surface area contributed by atoms with Crippen molar-refractivity contribution in [1.82, 2.24) is 10.3 Å². The van der Waals surface area contributed by atoms with E-state index in [1.165, 1.54) is 11.1 Å². The first-order chi connectivity index (χ1) is 15.3. The number of amides is 1. The number of ketones is 1. The lowest BCUT2D eigenvalue weighted by Gasteiger charge is -2.14. The summed E-state index contributed by atoms with van der Waals surface area (Å²) in [5.74, 6) is -0.628. The number of ether oxygens (including phenoxy) is 1. The predicted octanol–water partition coefficient (Wildman–Crippen LogP) is 6.12. The molecule has 1 heterocycles. The smallest absolute Gasteiger partial charge is 0.407 e. The third kappa shape index (κ3) is 4.85. The van der Waals surface area contributed by atoms with Crippen LogP contribution in [0.25, 0.3) is 17.2 Å². The van der Waals surface area contributed by atoms with Crippen LogP contribution in [0.1, 0.15) is 33.1 Å². The number of alkyl carbamates (subject to hydrolysis) is 1. The molecule has 0 saturated carbocycles. The number of alkyl halides is 3. The lowest BCUT2D eigenvalue weighted by atomic mass is 9.98. The van der Waals surface area contributed by atoms with Crippen molar-refractivity contribution in [3.63, 3.8) is 0 Å². The molecule has 0 fully saturated rings. The molecule has 0 spiro atoms. The van der Waals surface area contributed by atoms with Crippen LogP contribution in [0.5, 0.6) is 0 Å². The SMILES string of the molecule is O=C(NCC=Cc1c[nH]c(C(=O)C(Cl)(Cl)Cl)c1)OCC1c2ccccc2-c2ccccc21. The summed E-state index contributed by atoms with van der Waals surface area (Å²) in [5.41, 5.74) is 5.58. The number of hydrogen-bond acceptors (Lipinski definition) is 3. The van der Waals surface area contributed by atoms with Gasteiger partial charge in [-0.25, -0.2) is 4.79 Å². The van der Waals surface area contributed by atoms with E-state index in [-0.39, 0.29) is 24.8 Å². The number of H-pyrrole nitrogens is 1. The molecule has 5 nitrogen and oxygen atoms in total. The number of benzene rings is 2. The number of hydrogen-bond donors (Lipinski definition) is 2. The highest BCUT2D eigenvalue weighted by Crippen LogP contribution is 2.44. The second-order valence-corrected chi connectivity index (χ2v) is 9.56. The molecule has 164 valence electrons. The zero-order chi connectivity index (χ0) is 22.7. The topological polar surface area (TPSA) is 71.2 Å². The van der Waals surface area contributed by atoms with Gasteiger partial charge in [0, 0.05) is 18.7 Å². The highest BCUT2D eigenvalue weighted by atomic mass is 35.6. The molecule has 0 aliphatic heterocycles. The molecule has 0 atom stereocenters. The molecule has 1 aromatic heterocycles. The minimum Gasteiger partial charge on any atom is -0.449 e. The first kappa shape index (κ1) is 22.5. The zero-order valence-electron chi connectivity index (χ0n) is 16.8. The molecule has 1 aliphatic carbocycles. The van der Waals surface area contributed by atoms with E-state index < -0.39 is 15.7 Å². The van der Waals surface area contributed by atoms with Crippen LogP contribution in [0, 0.1) is 0 Å². The van der Waals surface area contributed by atoms with E-state index in [9.17, 15) is 9.59 Å². The maximum atomic E-state index is 12.2. The Morgan fingerprint density at radius 2 is 1.66 bits per heavy atom. The second-order valence-electron chi connectivity index (χ2n) is 7.28. The molecule has 2 aromatic carbocycles. The van der Waals surface area contributed by atoms with Crippen molar-refractivity contribution in [3.8, 4) is 11.1 Å². The Hall–Kier alpha value is -2.73. The third-order valence-electron chi connectivity index (χ3n) is 5.23. The van der Waals surface area contributed by atoms with E-state index >= 15 is 0 Å². The number of fused-ring (bicyclic) bond motifs is 3. The average Bonchev–Trinajstić information content (AvgIpc) is 3.37. The summed E-state index contributed by atoms with van der Waals surface area (Å²) in [6.07, 6.45) is 4.56. The van der Waals surface area contributed by atoms with E-state index in [1.54, 1.807) is 24.4 Å². The summed E-state index contributed by atoms with van der Waals surface area (Å²) >= 11 is 16.8. The monoisotopic (exact) mass is 488 g/mol. The van der Waals surface area contributed by atoms with Crippen LogP contribution in [0.15, 0.2) is 66.9 Å². The number of aromatic amines is 1. The molecule has 0 saturated heterocycles. The number of Topliss-reactive ketones (excluding diaryl/α,β-unsaturated/α-hetero) is 1. The molecule has 0 radical (unpaired) electrons. The average molecular weight is 490 g/mol. The van der Waals surface area contributed by atoms with Gasteiger partial charge in [0.1, 0.15) is 6.61 Å². The minimum atomic E-state index is -2.02. The molecular formula is C24H19Cl3N2O3. The van der Waals surface area contributed by atoms with Gasteiger partial charge in [-0.15, -0.1) is 0 Å². The maximum absolute atomic E-state index is 12.2. The number of nitrogens with one attached hydrogen (secondary N) is 2. The van der Waals surface area contributed by atoms with Crippen LogP contribution in [0.3, 0.4) is 0 Å². The van der Waals surface area contributed by atoms with E-state index in [0.717, 1.165) is 11.1 Å². The van der Waals surface area contributed by atoms with E-state index in [1.807, 2.05) is 24.3 Å². The first-order valence-corrected chi connectivity index (χ1v) is 11.0. The third-order valence-corrected chi connectivity index (χ3v) is 5.74. The van der Waals surface area contributed by atoms with Gasteiger partial charge in [-0.2, -0.15) is 0 Å². The fourth-order valence-corrected chi connectivity index (χ4v) is 4.08. The van der Waals surface area contributed by atoms with Gasteiger partial charge in [0.15, 0.2) is 0 Å². The number of carbonyl (C=O) groups excluding carboxylic acids is 2. The van der Waals surface area contributed by atoms with Crippen molar-refractivity contribution in [2.45, 2.75) is 9.71 Å². The van der Waals surface area contributed by atoms with Gasteiger partial charge in [-0.3, -0.25) is 4.79 Å². The molecule has 0 bridgehead atoms. The molecule has 8 heteroatoms. The summed E-state index contributed by atoms with van der Waals surface area (Å²) < 4.78 is 3.47. The van der Waals surface area contributed by atoms with Crippen LogP contribution < -0.4 is 5.32 Å². The fraction of sp³-hybridized carbons (Fsp3) is 0.167. The van der Waals surface area contributed by atoms with Crippen molar-refractivity contribution in [2.75, 3.05) is 13.2 Å². The normalized spacial score (nSPS) is 13.1. The van der Waals surface area contributed by atoms with E-state index in [4.69, 9.17) is 39.5 Å². The van der Waals surface area contributed by atoms with Crippen molar-refractivity contribution in [1.29, 1.82) is 0 Å². The predicted molar refractivity (Wildman–Crippen MR) is 128 cm³/mol. The van der Waals surface area contributed by atoms with Crippen molar-refractivity contribution < 1.29 is 14.3 Å². The van der Waals surface area contributed by atoms with Crippen LogP contribution >= 0.6 is 34.8 Å². The van der Waals surface area contributed by atoms with Gasteiger partial charge >= 0.3 is 6.09 Å². The number of carbonyl (C=O) groups is 2. The minimum absolute atomic E-state index is 0.0115. The Labute approximate surface area is 200 Å². The van der Waals surface area contributed by atoms with Gasteiger partial charge in [0.2, 0.25) is 5.78 Å². The molecule has 4 rings (SSSR count). The Balaban J connectivity index is 1.29. The highest BCUT2D eigenvalue weighted by molar-refractivity contribution is 6.77. The second kappa shape index (κ2) is 9.41. The molecule has 1 amide bonds. The lowest BCUT2D eigenvalue weighted by molar-refractivity contribution is 0.0992. The van der Waals surface area contributed by atoms with Crippen LogP contribution in [0.4, 0.5) is 4.79 Å². The van der Waals surface area contributed by atoms with Crippen LogP contribution in [-0.2, 0) is 4.74 Å². The number of aromatic nitrogens is 1. The van der Waals surface area contributed by atoms with E-state index in [2.05, 4.69) is 34.6 Å². The maximum Gasteiger partial charge on any atom is 0.407 e. The highest BCUT2D eigenvalue weighted by Gasteiger charge is 2.32. The summed E-state index contributed by atoms with van der Waals surface area (Å²) in [4.78, 5) is 26.8. The summed E-state index contributed by atoms with van der Waals surface area (Å²) in [6, 6.07) is 17.9. The van der Waals surface area contributed by atoms with Gasteiger partial charge in [-0.05, 0) is 33.9 Å². The van der Waals surface area contributed by atoms with E-state index in [0.29, 0.717) is 5.56 Å². The summed E-state index contributed by atoms with van der Waals surface area (Å²) in [6.45, 7) is 0.513. The molecule has 2 N–H and O–H groups in total.